The normalized spacial score (nSPS) is 16.4. The van der Waals surface area contributed by atoms with Gasteiger partial charge in [0, 0.05) is 12.8 Å². The minimum absolute atomic E-state index is 0.192. The fourth-order valence-corrected chi connectivity index (χ4v) is 4.56. The van der Waals surface area contributed by atoms with Crippen LogP contribution in [0.2, 0.25) is 0 Å². The number of nitrogens with one attached hydrogen (secondary N) is 2. The number of carboxylic acid groups (broad SMARTS) is 1. The molecule has 2 aliphatic rings. The average molecular weight is 464 g/mol. The molecule has 2 heterocycles. The zero-order valence-electron chi connectivity index (χ0n) is 19.5. The molecule has 34 heavy (non-hydrogen) atoms. The third-order valence-corrected chi connectivity index (χ3v) is 6.57. The van der Waals surface area contributed by atoms with E-state index in [1.54, 1.807) is 0 Å². The number of aliphatic carboxylic acids is 1. The fraction of sp³-hybridized carbons (Fsp3) is 0.444. The van der Waals surface area contributed by atoms with Crippen molar-refractivity contribution in [3.05, 3.63) is 59.7 Å². The summed E-state index contributed by atoms with van der Waals surface area (Å²) in [6.07, 6.45) is 6.65. The van der Waals surface area contributed by atoms with Gasteiger partial charge in [0.1, 0.15) is 17.5 Å². The number of benzene rings is 2. The van der Waals surface area contributed by atoms with Crippen LogP contribution in [0.15, 0.2) is 53.5 Å². The minimum Gasteiger partial charge on any atom is -0.494 e. The number of piperidine rings is 1. The van der Waals surface area contributed by atoms with Crippen molar-refractivity contribution >= 4 is 23.3 Å². The molecule has 0 spiro atoms. The highest BCUT2D eigenvalue weighted by Gasteiger charge is 2.26. The Morgan fingerprint density at radius 3 is 2.59 bits per heavy atom. The van der Waals surface area contributed by atoms with E-state index in [9.17, 15) is 14.7 Å². The molecule has 1 amide bonds. The highest BCUT2D eigenvalue weighted by atomic mass is 16.5. The fourth-order valence-electron chi connectivity index (χ4n) is 4.56. The Morgan fingerprint density at radius 2 is 1.85 bits per heavy atom. The van der Waals surface area contributed by atoms with E-state index < -0.39 is 17.9 Å². The van der Waals surface area contributed by atoms with E-state index >= 15 is 0 Å². The number of unbranched alkanes of at least 4 members (excludes halogenated alkanes) is 1. The lowest BCUT2D eigenvalue weighted by Gasteiger charge is -2.22. The van der Waals surface area contributed by atoms with Crippen LogP contribution in [-0.2, 0) is 22.4 Å². The topological polar surface area (TPSA) is 100 Å². The number of para-hydroxylation sites is 1. The summed E-state index contributed by atoms with van der Waals surface area (Å²) in [5.41, 5.74) is 2.90. The number of rotatable bonds is 11. The Hall–Kier alpha value is -3.19. The Balaban J connectivity index is 1.21. The van der Waals surface area contributed by atoms with Gasteiger partial charge in [0.2, 0.25) is 0 Å². The van der Waals surface area contributed by atoms with Gasteiger partial charge in [0.05, 0.1) is 12.3 Å². The highest BCUT2D eigenvalue weighted by Crippen LogP contribution is 2.26. The van der Waals surface area contributed by atoms with Crippen LogP contribution in [-0.4, -0.2) is 48.4 Å². The molecule has 0 aromatic heterocycles. The second kappa shape index (κ2) is 11.8. The quantitative estimate of drug-likeness (QED) is 0.442. The first-order valence-corrected chi connectivity index (χ1v) is 12.2. The molecular formula is C27H33N3O4. The highest BCUT2D eigenvalue weighted by molar-refractivity contribution is 6.41. The van der Waals surface area contributed by atoms with Crippen LogP contribution in [0.3, 0.4) is 0 Å². The van der Waals surface area contributed by atoms with Crippen molar-refractivity contribution in [3.63, 3.8) is 0 Å². The number of carbonyl (C=O) groups excluding carboxylic acids is 1. The lowest BCUT2D eigenvalue weighted by molar-refractivity contribution is -0.141. The molecule has 0 bridgehead atoms. The van der Waals surface area contributed by atoms with Gasteiger partial charge in [0.25, 0.3) is 5.91 Å². The van der Waals surface area contributed by atoms with Gasteiger partial charge >= 0.3 is 5.97 Å². The van der Waals surface area contributed by atoms with E-state index in [0.29, 0.717) is 18.7 Å². The van der Waals surface area contributed by atoms with Crippen molar-refractivity contribution in [2.45, 2.75) is 51.0 Å². The summed E-state index contributed by atoms with van der Waals surface area (Å²) >= 11 is 0. The average Bonchev–Trinajstić information content (AvgIpc) is 3.29. The standard InChI is InChI=1S/C27H33N3O4/c31-26(24-18-21-6-1-2-7-23(21)29-24)30-25(27(32)33)17-20-8-10-22(11-9-20)34-16-4-3-5-19-12-14-28-15-13-19/h1-2,6-11,19,25,28H,3-5,12-18H2,(H,30,31)(H,32,33). The number of carbonyl (C=O) groups is 2. The second-order valence-corrected chi connectivity index (χ2v) is 9.11. The Bertz CT molecular complexity index is 1010. The third kappa shape index (κ3) is 6.67. The lowest BCUT2D eigenvalue weighted by Crippen LogP contribution is -2.45. The van der Waals surface area contributed by atoms with E-state index in [0.717, 1.165) is 48.0 Å². The van der Waals surface area contributed by atoms with Gasteiger partial charge in [-0.1, -0.05) is 36.8 Å². The maximum Gasteiger partial charge on any atom is 0.326 e. The molecular weight excluding hydrogens is 430 g/mol. The summed E-state index contributed by atoms with van der Waals surface area (Å²) in [4.78, 5) is 28.7. The van der Waals surface area contributed by atoms with Crippen LogP contribution in [0.4, 0.5) is 5.69 Å². The molecule has 7 heteroatoms. The van der Waals surface area contributed by atoms with Crippen molar-refractivity contribution in [1.29, 1.82) is 0 Å². The number of nitrogens with zero attached hydrogens (tertiary/aromatic N) is 1. The van der Waals surface area contributed by atoms with Crippen molar-refractivity contribution in [1.82, 2.24) is 10.6 Å². The molecule has 7 nitrogen and oxygen atoms in total. The molecule has 0 aliphatic carbocycles. The summed E-state index contributed by atoms with van der Waals surface area (Å²) in [6.45, 7) is 2.97. The molecule has 180 valence electrons. The van der Waals surface area contributed by atoms with Gasteiger partial charge in [-0.25, -0.2) is 9.79 Å². The van der Waals surface area contributed by atoms with Crippen molar-refractivity contribution in [2.24, 2.45) is 10.9 Å². The maximum atomic E-state index is 12.6. The van der Waals surface area contributed by atoms with Crippen molar-refractivity contribution in [3.8, 4) is 5.75 Å². The predicted molar refractivity (Wildman–Crippen MR) is 132 cm³/mol. The number of hydrogen-bond acceptors (Lipinski definition) is 5. The number of fused-ring (bicyclic) bond motifs is 1. The van der Waals surface area contributed by atoms with Crippen molar-refractivity contribution < 1.29 is 19.4 Å². The molecule has 1 fully saturated rings. The number of hydrogen-bond donors (Lipinski definition) is 3. The summed E-state index contributed by atoms with van der Waals surface area (Å²) in [7, 11) is 0. The van der Waals surface area contributed by atoms with E-state index in [-0.39, 0.29) is 6.42 Å². The molecule has 0 radical (unpaired) electrons. The molecule has 0 saturated carbocycles. The van der Waals surface area contributed by atoms with Crippen LogP contribution in [0.5, 0.6) is 5.75 Å². The van der Waals surface area contributed by atoms with Crippen molar-refractivity contribution in [2.75, 3.05) is 19.7 Å². The van der Waals surface area contributed by atoms with E-state index in [1.165, 1.54) is 25.7 Å². The van der Waals surface area contributed by atoms with Gasteiger partial charge in [-0.05, 0) is 74.0 Å². The van der Waals surface area contributed by atoms with Gasteiger partial charge in [-0.15, -0.1) is 0 Å². The van der Waals surface area contributed by atoms with Gasteiger partial charge in [0.15, 0.2) is 0 Å². The molecule has 1 unspecified atom stereocenters. The van der Waals surface area contributed by atoms with Crippen LogP contribution < -0.4 is 15.4 Å². The van der Waals surface area contributed by atoms with E-state index in [4.69, 9.17) is 4.74 Å². The second-order valence-electron chi connectivity index (χ2n) is 9.11. The minimum atomic E-state index is -1.07. The summed E-state index contributed by atoms with van der Waals surface area (Å²) < 4.78 is 5.85. The Labute approximate surface area is 200 Å². The molecule has 3 N–H and O–H groups in total. The predicted octanol–water partition coefficient (Wildman–Crippen LogP) is 3.68. The SMILES string of the molecule is O=C(NC(Cc1ccc(OCCCCC2CCNCC2)cc1)C(=O)O)C1=Nc2ccccc2C1. The Kier molecular flexibility index (Phi) is 8.31. The van der Waals surface area contributed by atoms with Gasteiger partial charge in [-0.3, -0.25) is 4.79 Å². The largest absolute Gasteiger partial charge is 0.494 e. The molecule has 2 aromatic rings. The van der Waals surface area contributed by atoms with Crippen LogP contribution in [0.1, 0.15) is 43.2 Å². The first-order valence-electron chi connectivity index (χ1n) is 12.2. The molecule has 4 rings (SSSR count). The molecule has 1 atom stereocenters. The first-order chi connectivity index (χ1) is 16.6. The Morgan fingerprint density at radius 1 is 1.09 bits per heavy atom. The number of carboxylic acids is 1. The summed E-state index contributed by atoms with van der Waals surface area (Å²) in [5, 5.41) is 15.7. The summed E-state index contributed by atoms with van der Waals surface area (Å²) in [6, 6.07) is 13.9. The number of ether oxygens (including phenoxy) is 1. The molecule has 1 saturated heterocycles. The van der Waals surface area contributed by atoms with E-state index in [1.807, 2.05) is 48.5 Å². The lowest BCUT2D eigenvalue weighted by atomic mass is 9.93. The van der Waals surface area contributed by atoms with E-state index in [2.05, 4.69) is 15.6 Å². The zero-order valence-corrected chi connectivity index (χ0v) is 19.5. The third-order valence-electron chi connectivity index (χ3n) is 6.57. The van der Waals surface area contributed by atoms with Gasteiger partial charge < -0.3 is 20.5 Å². The van der Waals surface area contributed by atoms with Crippen LogP contribution in [0, 0.1) is 5.92 Å². The van der Waals surface area contributed by atoms with Crippen LogP contribution >= 0.6 is 0 Å². The monoisotopic (exact) mass is 463 g/mol. The number of aliphatic imine (C=N–C) groups is 1. The number of amides is 1. The summed E-state index contributed by atoms with van der Waals surface area (Å²) in [5.74, 6) is 0.116. The maximum absolute atomic E-state index is 12.6. The first kappa shape index (κ1) is 24.0. The smallest absolute Gasteiger partial charge is 0.326 e. The van der Waals surface area contributed by atoms with Gasteiger partial charge in [-0.2, -0.15) is 0 Å². The zero-order chi connectivity index (χ0) is 23.8. The molecule has 2 aliphatic heterocycles. The molecule has 2 aromatic carbocycles. The van der Waals surface area contributed by atoms with Crippen LogP contribution in [0.25, 0.3) is 0 Å².